The van der Waals surface area contributed by atoms with Crippen molar-refractivity contribution in [1.29, 1.82) is 0 Å². The molecule has 19 heavy (non-hydrogen) atoms. The topological polar surface area (TPSA) is 38.3 Å². The maximum absolute atomic E-state index is 13.2. The number of hydrogen-bond acceptors (Lipinski definition) is 2. The van der Waals surface area contributed by atoms with Gasteiger partial charge in [0.15, 0.2) is 11.6 Å². The molecule has 3 nitrogen and oxygen atoms in total. The SMILES string of the molecule is C[C@@H](NC(=O)OC(C)(C)C)c1cc(F)c(F)cc1Br. The fraction of sp³-hybridized carbons (Fsp3) is 0.462. The molecule has 0 aliphatic carbocycles. The van der Waals surface area contributed by atoms with Gasteiger partial charge in [0.2, 0.25) is 0 Å². The van der Waals surface area contributed by atoms with Gasteiger partial charge >= 0.3 is 6.09 Å². The molecule has 0 saturated heterocycles. The largest absolute Gasteiger partial charge is 0.444 e. The maximum Gasteiger partial charge on any atom is 0.408 e. The second-order valence-corrected chi connectivity index (χ2v) is 6.01. The quantitative estimate of drug-likeness (QED) is 0.817. The van der Waals surface area contributed by atoms with Crippen molar-refractivity contribution in [1.82, 2.24) is 5.32 Å². The summed E-state index contributed by atoms with van der Waals surface area (Å²) in [5.74, 6) is -1.91. The van der Waals surface area contributed by atoms with Crippen LogP contribution in [0.2, 0.25) is 0 Å². The molecule has 0 fully saturated rings. The number of amides is 1. The first-order valence-corrected chi connectivity index (χ1v) is 6.53. The molecule has 0 aliphatic rings. The average Bonchev–Trinajstić information content (AvgIpc) is 2.20. The highest BCUT2D eigenvalue weighted by Crippen LogP contribution is 2.26. The van der Waals surface area contributed by atoms with Crippen LogP contribution in [-0.4, -0.2) is 11.7 Å². The molecule has 0 unspecified atom stereocenters. The molecular formula is C13H16BrF2NO2. The van der Waals surface area contributed by atoms with Gasteiger partial charge in [-0.05, 0) is 45.4 Å². The molecule has 1 aromatic rings. The van der Waals surface area contributed by atoms with Crippen molar-refractivity contribution in [3.8, 4) is 0 Å². The number of benzene rings is 1. The molecule has 0 heterocycles. The lowest BCUT2D eigenvalue weighted by atomic mass is 10.1. The summed E-state index contributed by atoms with van der Waals surface area (Å²) in [6.45, 7) is 6.88. The van der Waals surface area contributed by atoms with Crippen LogP contribution in [0.25, 0.3) is 0 Å². The van der Waals surface area contributed by atoms with Gasteiger partial charge in [-0.25, -0.2) is 13.6 Å². The lowest BCUT2D eigenvalue weighted by Gasteiger charge is -2.22. The smallest absolute Gasteiger partial charge is 0.408 e. The third-order valence-electron chi connectivity index (χ3n) is 2.24. The van der Waals surface area contributed by atoms with Crippen LogP contribution in [0, 0.1) is 11.6 Å². The minimum Gasteiger partial charge on any atom is -0.444 e. The summed E-state index contributed by atoms with van der Waals surface area (Å²) < 4.78 is 31.7. The summed E-state index contributed by atoms with van der Waals surface area (Å²) in [6.07, 6.45) is -0.614. The highest BCUT2D eigenvalue weighted by molar-refractivity contribution is 9.10. The van der Waals surface area contributed by atoms with E-state index in [1.54, 1.807) is 27.7 Å². The van der Waals surface area contributed by atoms with Crippen LogP contribution in [0.3, 0.4) is 0 Å². The highest BCUT2D eigenvalue weighted by Gasteiger charge is 2.20. The Bertz CT molecular complexity index is 486. The van der Waals surface area contributed by atoms with Crippen LogP contribution < -0.4 is 5.32 Å². The number of rotatable bonds is 2. The van der Waals surface area contributed by atoms with Gasteiger partial charge in [0.25, 0.3) is 0 Å². The van der Waals surface area contributed by atoms with E-state index in [1.807, 2.05) is 0 Å². The minimum absolute atomic E-state index is 0.384. The molecule has 1 N–H and O–H groups in total. The normalized spacial score (nSPS) is 13.0. The Balaban J connectivity index is 2.81. The van der Waals surface area contributed by atoms with E-state index in [0.29, 0.717) is 10.0 Å². The molecule has 0 radical (unpaired) electrons. The van der Waals surface area contributed by atoms with E-state index in [-0.39, 0.29) is 0 Å². The highest BCUT2D eigenvalue weighted by atomic mass is 79.9. The van der Waals surface area contributed by atoms with Gasteiger partial charge in [0.05, 0.1) is 6.04 Å². The molecule has 0 bridgehead atoms. The van der Waals surface area contributed by atoms with Gasteiger partial charge in [-0.2, -0.15) is 0 Å². The standard InChI is InChI=1S/C13H16BrF2NO2/c1-7(17-12(18)19-13(2,3)4)8-5-10(15)11(16)6-9(8)14/h5-7H,1-4H3,(H,17,18)/t7-/m1/s1. The molecule has 0 aromatic heterocycles. The van der Waals surface area contributed by atoms with Crippen LogP contribution in [0.5, 0.6) is 0 Å². The third kappa shape index (κ3) is 4.78. The summed E-state index contributed by atoms with van der Waals surface area (Å²) in [6, 6.07) is 1.55. The molecule has 106 valence electrons. The van der Waals surface area contributed by atoms with Crippen molar-refractivity contribution in [2.24, 2.45) is 0 Å². The van der Waals surface area contributed by atoms with E-state index < -0.39 is 29.4 Å². The number of ether oxygens (including phenoxy) is 1. The molecular weight excluding hydrogens is 320 g/mol. The van der Waals surface area contributed by atoms with Crippen molar-refractivity contribution >= 4 is 22.0 Å². The monoisotopic (exact) mass is 335 g/mol. The number of halogens is 3. The molecule has 0 aliphatic heterocycles. The Hall–Kier alpha value is -1.17. The van der Waals surface area contributed by atoms with Crippen LogP contribution in [0.4, 0.5) is 13.6 Å². The lowest BCUT2D eigenvalue weighted by molar-refractivity contribution is 0.0507. The van der Waals surface area contributed by atoms with Crippen LogP contribution >= 0.6 is 15.9 Å². The molecule has 1 rings (SSSR count). The molecule has 1 aromatic carbocycles. The van der Waals surface area contributed by atoms with E-state index in [1.165, 1.54) is 0 Å². The van der Waals surface area contributed by atoms with Crippen LogP contribution in [0.15, 0.2) is 16.6 Å². The number of carbonyl (C=O) groups is 1. The predicted octanol–water partition coefficient (Wildman–Crippen LogP) is 4.31. The van der Waals surface area contributed by atoms with E-state index in [4.69, 9.17) is 4.74 Å². The van der Waals surface area contributed by atoms with Gasteiger partial charge in [0, 0.05) is 4.47 Å². The van der Waals surface area contributed by atoms with Crippen molar-refractivity contribution < 1.29 is 18.3 Å². The first kappa shape index (κ1) is 15.9. The number of carbonyl (C=O) groups excluding carboxylic acids is 1. The second-order valence-electron chi connectivity index (χ2n) is 5.16. The van der Waals surface area contributed by atoms with Crippen molar-refractivity contribution in [2.75, 3.05) is 0 Å². The van der Waals surface area contributed by atoms with E-state index in [2.05, 4.69) is 21.2 Å². The van der Waals surface area contributed by atoms with Gasteiger partial charge < -0.3 is 10.1 Å². The van der Waals surface area contributed by atoms with Crippen molar-refractivity contribution in [2.45, 2.75) is 39.3 Å². The molecule has 6 heteroatoms. The van der Waals surface area contributed by atoms with Gasteiger partial charge in [-0.1, -0.05) is 15.9 Å². The second kappa shape index (κ2) is 5.86. The fourth-order valence-corrected chi connectivity index (χ4v) is 2.09. The maximum atomic E-state index is 13.2. The Morgan fingerprint density at radius 2 is 1.84 bits per heavy atom. The molecule has 1 amide bonds. The van der Waals surface area contributed by atoms with Crippen molar-refractivity contribution in [3.63, 3.8) is 0 Å². The zero-order valence-electron chi connectivity index (χ0n) is 11.2. The number of nitrogens with one attached hydrogen (secondary N) is 1. The predicted molar refractivity (Wildman–Crippen MR) is 71.8 cm³/mol. The van der Waals surface area contributed by atoms with Gasteiger partial charge in [0.1, 0.15) is 5.60 Å². The Morgan fingerprint density at radius 3 is 2.37 bits per heavy atom. The van der Waals surface area contributed by atoms with Crippen molar-refractivity contribution in [3.05, 3.63) is 33.8 Å². The van der Waals surface area contributed by atoms with Crippen LogP contribution in [-0.2, 0) is 4.74 Å². The molecule has 1 atom stereocenters. The summed E-state index contributed by atoms with van der Waals surface area (Å²) >= 11 is 3.13. The van der Waals surface area contributed by atoms with E-state index >= 15 is 0 Å². The summed E-state index contributed by atoms with van der Waals surface area (Å²) in [5, 5.41) is 2.56. The number of hydrogen-bond donors (Lipinski definition) is 1. The van der Waals surface area contributed by atoms with E-state index in [0.717, 1.165) is 12.1 Å². The summed E-state index contributed by atoms with van der Waals surface area (Å²) in [5.41, 5.74) is -0.181. The first-order valence-electron chi connectivity index (χ1n) is 5.74. The fourth-order valence-electron chi connectivity index (χ4n) is 1.43. The third-order valence-corrected chi connectivity index (χ3v) is 2.93. The summed E-state index contributed by atoms with van der Waals surface area (Å²) in [7, 11) is 0. The zero-order valence-corrected chi connectivity index (χ0v) is 12.8. The summed E-state index contributed by atoms with van der Waals surface area (Å²) in [4.78, 5) is 11.6. The minimum atomic E-state index is -0.962. The Labute approximate surface area is 119 Å². The zero-order chi connectivity index (χ0) is 14.8. The Kier molecular flexibility index (Phi) is 4.90. The average molecular weight is 336 g/mol. The molecule has 0 spiro atoms. The van der Waals surface area contributed by atoms with Crippen LogP contribution in [0.1, 0.15) is 39.3 Å². The first-order chi connectivity index (χ1) is 8.60. The molecule has 0 saturated carbocycles. The lowest BCUT2D eigenvalue weighted by Crippen LogP contribution is -2.34. The van der Waals surface area contributed by atoms with Gasteiger partial charge in [-0.15, -0.1) is 0 Å². The Morgan fingerprint density at radius 1 is 1.32 bits per heavy atom. The van der Waals surface area contributed by atoms with Gasteiger partial charge in [-0.3, -0.25) is 0 Å². The van der Waals surface area contributed by atoms with E-state index in [9.17, 15) is 13.6 Å². The number of alkyl carbamates (subject to hydrolysis) is 1.